The van der Waals surface area contributed by atoms with Gasteiger partial charge in [0.15, 0.2) is 0 Å². The first kappa shape index (κ1) is 15.1. The van der Waals surface area contributed by atoms with Gasteiger partial charge in [-0.3, -0.25) is 0 Å². The minimum Gasteiger partial charge on any atom is -0.423 e. The lowest BCUT2D eigenvalue weighted by Gasteiger charge is -2.09. The van der Waals surface area contributed by atoms with Crippen molar-refractivity contribution < 1.29 is 9.52 Å². The number of aryl methyl sites for hydroxylation is 1. The lowest BCUT2D eigenvalue weighted by atomic mass is 10.1. The van der Waals surface area contributed by atoms with E-state index in [-0.39, 0.29) is 18.2 Å². The lowest BCUT2D eigenvalue weighted by molar-refractivity contribution is 0.250. The molecule has 2 rings (SSSR count). The Morgan fingerprint density at radius 1 is 1.35 bits per heavy atom. The molecule has 0 saturated heterocycles. The quantitative estimate of drug-likeness (QED) is 0.831. The van der Waals surface area contributed by atoms with Crippen LogP contribution in [0.1, 0.15) is 25.0 Å². The first-order chi connectivity index (χ1) is 9.63. The van der Waals surface area contributed by atoms with Crippen molar-refractivity contribution in [3.05, 3.63) is 45.8 Å². The van der Waals surface area contributed by atoms with Crippen molar-refractivity contribution in [2.24, 2.45) is 5.92 Å². The third-order valence-corrected chi connectivity index (χ3v) is 4.59. The van der Waals surface area contributed by atoms with Gasteiger partial charge in [-0.05, 0) is 35.3 Å². The third-order valence-electron chi connectivity index (χ3n) is 3.27. The molecular formula is C16H20O3S. The van der Waals surface area contributed by atoms with E-state index in [1.54, 1.807) is 17.8 Å². The molecule has 0 aliphatic rings. The van der Waals surface area contributed by atoms with Crippen LogP contribution in [-0.2, 0) is 12.2 Å². The van der Waals surface area contributed by atoms with Crippen molar-refractivity contribution >= 4 is 22.7 Å². The molecule has 0 amide bonds. The Bertz CT molecular complexity index is 633. The van der Waals surface area contributed by atoms with E-state index in [1.807, 2.05) is 19.1 Å². The smallest absolute Gasteiger partial charge is 0.336 e. The van der Waals surface area contributed by atoms with Crippen LogP contribution in [0, 0.1) is 5.92 Å². The molecule has 4 heteroatoms. The summed E-state index contributed by atoms with van der Waals surface area (Å²) in [5.74, 6) is 1.92. The van der Waals surface area contributed by atoms with Gasteiger partial charge in [-0.15, -0.1) is 0 Å². The van der Waals surface area contributed by atoms with Gasteiger partial charge in [0.25, 0.3) is 0 Å². The maximum absolute atomic E-state index is 11.6. The summed E-state index contributed by atoms with van der Waals surface area (Å²) >= 11 is 1.73. The van der Waals surface area contributed by atoms with Gasteiger partial charge >= 0.3 is 5.63 Å². The van der Waals surface area contributed by atoms with E-state index in [1.165, 1.54) is 5.56 Å². The van der Waals surface area contributed by atoms with Crippen LogP contribution < -0.4 is 5.63 Å². The van der Waals surface area contributed by atoms with Crippen molar-refractivity contribution in [3.63, 3.8) is 0 Å². The first-order valence-electron chi connectivity index (χ1n) is 6.88. The summed E-state index contributed by atoms with van der Waals surface area (Å²) in [4.78, 5) is 11.6. The monoisotopic (exact) mass is 292 g/mol. The summed E-state index contributed by atoms with van der Waals surface area (Å²) < 4.78 is 5.29. The SMILES string of the molecule is CCc1ccc2c(CSCC(C)CO)cc(=O)oc2c1. The van der Waals surface area contributed by atoms with Crippen molar-refractivity contribution in [1.82, 2.24) is 0 Å². The van der Waals surface area contributed by atoms with Crippen molar-refractivity contribution in [1.29, 1.82) is 0 Å². The highest BCUT2D eigenvalue weighted by molar-refractivity contribution is 7.98. The Balaban J connectivity index is 2.26. The fourth-order valence-corrected chi connectivity index (χ4v) is 3.12. The molecule has 0 aliphatic heterocycles. The summed E-state index contributed by atoms with van der Waals surface area (Å²) in [5.41, 5.74) is 2.55. The highest BCUT2D eigenvalue weighted by Crippen LogP contribution is 2.23. The van der Waals surface area contributed by atoms with Gasteiger partial charge in [-0.1, -0.05) is 26.0 Å². The normalized spacial score (nSPS) is 12.8. The molecule has 1 heterocycles. The molecule has 0 spiro atoms. The Labute approximate surface area is 123 Å². The minimum absolute atomic E-state index is 0.199. The number of hydrogen-bond acceptors (Lipinski definition) is 4. The van der Waals surface area contributed by atoms with E-state index < -0.39 is 0 Å². The molecule has 0 aliphatic carbocycles. The summed E-state index contributed by atoms with van der Waals surface area (Å²) in [6.07, 6.45) is 0.923. The molecule has 0 bridgehead atoms. The predicted molar refractivity (Wildman–Crippen MR) is 84.3 cm³/mol. The average molecular weight is 292 g/mol. The van der Waals surface area contributed by atoms with Crippen molar-refractivity contribution in [3.8, 4) is 0 Å². The van der Waals surface area contributed by atoms with Crippen LogP contribution in [0.5, 0.6) is 0 Å². The first-order valence-corrected chi connectivity index (χ1v) is 8.03. The van der Waals surface area contributed by atoms with Crippen LogP contribution in [0.15, 0.2) is 33.5 Å². The highest BCUT2D eigenvalue weighted by atomic mass is 32.2. The Kier molecular flexibility index (Phi) is 5.26. The molecule has 1 atom stereocenters. The number of aliphatic hydroxyl groups excluding tert-OH is 1. The second kappa shape index (κ2) is 6.95. The lowest BCUT2D eigenvalue weighted by Crippen LogP contribution is -2.05. The average Bonchev–Trinajstić information content (AvgIpc) is 2.45. The number of thioether (sulfide) groups is 1. The van der Waals surface area contributed by atoms with Gasteiger partial charge < -0.3 is 9.52 Å². The summed E-state index contributed by atoms with van der Waals surface area (Å²) in [6, 6.07) is 7.63. The fourth-order valence-electron chi connectivity index (χ4n) is 2.04. The van der Waals surface area contributed by atoms with Gasteiger partial charge in [0.2, 0.25) is 0 Å². The second-order valence-corrected chi connectivity index (χ2v) is 6.11. The van der Waals surface area contributed by atoms with Crippen LogP contribution in [0.3, 0.4) is 0 Å². The molecule has 0 fully saturated rings. The number of fused-ring (bicyclic) bond motifs is 1. The number of hydrogen-bond donors (Lipinski definition) is 1. The van der Waals surface area contributed by atoms with Crippen LogP contribution in [0.25, 0.3) is 11.0 Å². The summed E-state index contributed by atoms with van der Waals surface area (Å²) in [7, 11) is 0. The molecule has 20 heavy (non-hydrogen) atoms. The molecule has 1 unspecified atom stereocenters. The molecular weight excluding hydrogens is 272 g/mol. The predicted octanol–water partition coefficient (Wildman–Crippen LogP) is 3.22. The van der Waals surface area contributed by atoms with E-state index in [0.29, 0.717) is 5.58 Å². The Hall–Kier alpha value is -1.26. The molecule has 108 valence electrons. The standard InChI is InChI=1S/C16H20O3S/c1-3-12-4-5-14-13(10-20-9-11(2)8-17)7-16(18)19-15(14)6-12/h4-7,11,17H,3,8-10H2,1-2H3. The molecule has 3 nitrogen and oxygen atoms in total. The van der Waals surface area contributed by atoms with Gasteiger partial charge in [0, 0.05) is 23.8 Å². The van der Waals surface area contributed by atoms with E-state index in [0.717, 1.165) is 28.9 Å². The summed E-state index contributed by atoms with van der Waals surface area (Å²) in [5, 5.41) is 10.0. The summed E-state index contributed by atoms with van der Waals surface area (Å²) in [6.45, 7) is 4.29. The van der Waals surface area contributed by atoms with Crippen LogP contribution in [0.4, 0.5) is 0 Å². The zero-order chi connectivity index (χ0) is 14.5. The number of aliphatic hydroxyl groups is 1. The molecule has 2 aromatic rings. The van der Waals surface area contributed by atoms with E-state index in [2.05, 4.69) is 13.0 Å². The van der Waals surface area contributed by atoms with Gasteiger partial charge in [-0.2, -0.15) is 11.8 Å². The zero-order valence-electron chi connectivity index (χ0n) is 11.9. The van der Waals surface area contributed by atoms with Gasteiger partial charge in [0.05, 0.1) is 0 Å². The largest absolute Gasteiger partial charge is 0.423 e. The van der Waals surface area contributed by atoms with Gasteiger partial charge in [0.1, 0.15) is 5.58 Å². The molecule has 1 aromatic heterocycles. The highest BCUT2D eigenvalue weighted by Gasteiger charge is 2.07. The fraction of sp³-hybridized carbons (Fsp3) is 0.438. The van der Waals surface area contributed by atoms with Crippen molar-refractivity contribution in [2.75, 3.05) is 12.4 Å². The zero-order valence-corrected chi connectivity index (χ0v) is 12.7. The molecule has 1 N–H and O–H groups in total. The third kappa shape index (κ3) is 3.64. The Morgan fingerprint density at radius 3 is 2.85 bits per heavy atom. The van der Waals surface area contributed by atoms with Crippen molar-refractivity contribution in [2.45, 2.75) is 26.0 Å². The topological polar surface area (TPSA) is 50.4 Å². The molecule has 1 aromatic carbocycles. The van der Waals surface area contributed by atoms with E-state index >= 15 is 0 Å². The van der Waals surface area contributed by atoms with E-state index in [9.17, 15) is 4.79 Å². The second-order valence-electron chi connectivity index (χ2n) is 5.08. The number of benzene rings is 1. The van der Waals surface area contributed by atoms with Crippen LogP contribution in [0.2, 0.25) is 0 Å². The Morgan fingerprint density at radius 2 is 2.15 bits per heavy atom. The maximum atomic E-state index is 11.6. The minimum atomic E-state index is -0.295. The number of rotatable bonds is 6. The van der Waals surface area contributed by atoms with Crippen LogP contribution >= 0.6 is 11.8 Å². The molecule has 0 saturated carbocycles. The van der Waals surface area contributed by atoms with Gasteiger partial charge in [-0.25, -0.2) is 4.79 Å². The molecule has 0 radical (unpaired) electrons. The maximum Gasteiger partial charge on any atom is 0.336 e. The van der Waals surface area contributed by atoms with E-state index in [4.69, 9.17) is 9.52 Å². The van der Waals surface area contributed by atoms with Crippen LogP contribution in [-0.4, -0.2) is 17.5 Å².